The minimum absolute atomic E-state index is 0.0284. The lowest BCUT2D eigenvalue weighted by Gasteiger charge is -2.32. The number of nitrogens with zero attached hydrogens (tertiary/aromatic N) is 2. The number of carbonyl (C=O) groups is 1. The van der Waals surface area contributed by atoms with Gasteiger partial charge in [0.15, 0.2) is 0 Å². The lowest BCUT2D eigenvalue weighted by Crippen LogP contribution is -2.49. The van der Waals surface area contributed by atoms with Crippen molar-refractivity contribution in [1.82, 2.24) is 20.5 Å². The number of piperidine rings is 1. The minimum atomic E-state index is -0.0284. The maximum Gasteiger partial charge on any atom is 0.315 e. The van der Waals surface area contributed by atoms with Crippen LogP contribution in [0.1, 0.15) is 36.4 Å². The molecule has 3 heterocycles. The molecule has 0 bridgehead atoms. The SMILES string of the molecule is Cc1nc(CCNC(=O)N[C@H]2CCN3CCCC[C@@H]23)cs1. The van der Waals surface area contributed by atoms with Crippen LogP contribution in [0, 0.1) is 6.92 Å². The summed E-state index contributed by atoms with van der Waals surface area (Å²) in [6.07, 6.45) is 5.72. The highest BCUT2D eigenvalue weighted by Gasteiger charge is 2.36. The first-order valence-corrected chi connectivity index (χ1v) is 8.80. The molecule has 0 radical (unpaired) electrons. The van der Waals surface area contributed by atoms with Gasteiger partial charge in [-0.3, -0.25) is 4.90 Å². The third-order valence-electron chi connectivity index (χ3n) is 4.51. The monoisotopic (exact) mass is 308 g/mol. The van der Waals surface area contributed by atoms with Gasteiger partial charge >= 0.3 is 6.03 Å². The van der Waals surface area contributed by atoms with Crippen molar-refractivity contribution in [2.45, 2.75) is 51.1 Å². The number of hydrogen-bond acceptors (Lipinski definition) is 4. The zero-order chi connectivity index (χ0) is 14.7. The van der Waals surface area contributed by atoms with Crippen molar-refractivity contribution < 1.29 is 4.79 Å². The second-order valence-electron chi connectivity index (χ2n) is 6.00. The zero-order valence-corrected chi connectivity index (χ0v) is 13.4. The summed E-state index contributed by atoms with van der Waals surface area (Å²) in [5.41, 5.74) is 1.07. The van der Waals surface area contributed by atoms with Crippen LogP contribution in [0.2, 0.25) is 0 Å². The van der Waals surface area contributed by atoms with Gasteiger partial charge in [0, 0.05) is 37.0 Å². The molecule has 2 saturated heterocycles. The summed E-state index contributed by atoms with van der Waals surface area (Å²) in [5, 5.41) is 9.26. The molecule has 2 atom stereocenters. The van der Waals surface area contributed by atoms with Crippen molar-refractivity contribution in [1.29, 1.82) is 0 Å². The summed E-state index contributed by atoms with van der Waals surface area (Å²) in [7, 11) is 0. The normalized spacial score (nSPS) is 25.6. The van der Waals surface area contributed by atoms with Crippen molar-refractivity contribution in [3.63, 3.8) is 0 Å². The lowest BCUT2D eigenvalue weighted by molar-refractivity contribution is 0.179. The molecular formula is C15H24N4OS. The predicted molar refractivity (Wildman–Crippen MR) is 84.7 cm³/mol. The first-order valence-electron chi connectivity index (χ1n) is 7.92. The fourth-order valence-electron chi connectivity index (χ4n) is 3.46. The first-order chi connectivity index (χ1) is 10.2. The Balaban J connectivity index is 1.40. The highest BCUT2D eigenvalue weighted by Crippen LogP contribution is 2.26. The summed E-state index contributed by atoms with van der Waals surface area (Å²) >= 11 is 1.66. The van der Waals surface area contributed by atoms with Gasteiger partial charge in [0.1, 0.15) is 0 Å². The molecule has 2 N–H and O–H groups in total. The van der Waals surface area contributed by atoms with E-state index in [1.807, 2.05) is 6.92 Å². The zero-order valence-electron chi connectivity index (χ0n) is 12.6. The number of rotatable bonds is 4. The number of thiazole rings is 1. The van der Waals surface area contributed by atoms with E-state index in [-0.39, 0.29) is 6.03 Å². The van der Waals surface area contributed by atoms with Gasteiger partial charge in [0.05, 0.1) is 10.7 Å². The van der Waals surface area contributed by atoms with E-state index in [4.69, 9.17) is 0 Å². The fourth-order valence-corrected chi connectivity index (χ4v) is 4.11. The molecule has 3 rings (SSSR count). The van der Waals surface area contributed by atoms with Gasteiger partial charge in [-0.1, -0.05) is 6.42 Å². The Kier molecular flexibility index (Phi) is 4.75. The second-order valence-corrected chi connectivity index (χ2v) is 7.06. The van der Waals surface area contributed by atoms with Crippen LogP contribution in [0.5, 0.6) is 0 Å². The average molecular weight is 308 g/mol. The predicted octanol–water partition coefficient (Wildman–Crippen LogP) is 1.92. The fraction of sp³-hybridized carbons (Fsp3) is 0.733. The molecule has 21 heavy (non-hydrogen) atoms. The number of nitrogens with one attached hydrogen (secondary N) is 2. The van der Waals surface area contributed by atoms with E-state index in [0.29, 0.717) is 18.6 Å². The van der Waals surface area contributed by atoms with Gasteiger partial charge in [-0.15, -0.1) is 11.3 Å². The van der Waals surface area contributed by atoms with Crippen LogP contribution in [0.25, 0.3) is 0 Å². The molecule has 2 amide bonds. The van der Waals surface area contributed by atoms with Crippen LogP contribution >= 0.6 is 11.3 Å². The topological polar surface area (TPSA) is 57.3 Å². The van der Waals surface area contributed by atoms with Crippen LogP contribution in [-0.4, -0.2) is 47.6 Å². The van der Waals surface area contributed by atoms with Crippen molar-refractivity contribution >= 4 is 17.4 Å². The molecule has 0 saturated carbocycles. The smallest absolute Gasteiger partial charge is 0.315 e. The first kappa shape index (κ1) is 14.8. The Bertz CT molecular complexity index is 490. The molecule has 116 valence electrons. The van der Waals surface area contributed by atoms with E-state index in [1.165, 1.54) is 25.8 Å². The molecule has 6 heteroatoms. The van der Waals surface area contributed by atoms with Crippen LogP contribution in [0.3, 0.4) is 0 Å². The summed E-state index contributed by atoms with van der Waals surface area (Å²) in [6, 6.07) is 0.858. The van der Waals surface area contributed by atoms with E-state index < -0.39 is 0 Å². The van der Waals surface area contributed by atoms with Crippen molar-refractivity contribution in [3.05, 3.63) is 16.1 Å². The van der Waals surface area contributed by atoms with Gasteiger partial charge < -0.3 is 10.6 Å². The number of aromatic nitrogens is 1. The Morgan fingerprint density at radius 2 is 2.33 bits per heavy atom. The molecular weight excluding hydrogens is 284 g/mol. The minimum Gasteiger partial charge on any atom is -0.338 e. The molecule has 0 aliphatic carbocycles. The highest BCUT2D eigenvalue weighted by molar-refractivity contribution is 7.09. The van der Waals surface area contributed by atoms with E-state index in [1.54, 1.807) is 11.3 Å². The van der Waals surface area contributed by atoms with Crippen molar-refractivity contribution in [2.75, 3.05) is 19.6 Å². The van der Waals surface area contributed by atoms with Crippen LogP contribution < -0.4 is 10.6 Å². The second kappa shape index (κ2) is 6.75. The quantitative estimate of drug-likeness (QED) is 0.893. The van der Waals surface area contributed by atoms with Gasteiger partial charge in [-0.2, -0.15) is 0 Å². The molecule has 1 aromatic rings. The van der Waals surface area contributed by atoms with Gasteiger partial charge in [0.25, 0.3) is 0 Å². The van der Waals surface area contributed by atoms with Crippen molar-refractivity contribution in [3.8, 4) is 0 Å². The summed E-state index contributed by atoms with van der Waals surface area (Å²) in [4.78, 5) is 18.9. The van der Waals surface area contributed by atoms with Gasteiger partial charge in [0.2, 0.25) is 0 Å². The third-order valence-corrected chi connectivity index (χ3v) is 5.33. The van der Waals surface area contributed by atoms with E-state index in [9.17, 15) is 4.79 Å². The standard InChI is InChI=1S/C15H24N4OS/c1-11-17-12(10-21-11)5-7-16-15(20)18-13-6-9-19-8-3-2-4-14(13)19/h10,13-14H,2-9H2,1H3,(H2,16,18,20)/t13-,14-/m0/s1. The highest BCUT2D eigenvalue weighted by atomic mass is 32.1. The summed E-state index contributed by atoms with van der Waals surface area (Å²) in [5.74, 6) is 0. The van der Waals surface area contributed by atoms with Crippen molar-refractivity contribution in [2.24, 2.45) is 0 Å². The Labute approximate surface area is 130 Å². The molecule has 2 fully saturated rings. The maximum absolute atomic E-state index is 12.0. The Hall–Kier alpha value is -1.14. The number of hydrogen-bond donors (Lipinski definition) is 2. The number of aryl methyl sites for hydroxylation is 1. The van der Waals surface area contributed by atoms with Crippen LogP contribution in [-0.2, 0) is 6.42 Å². The number of urea groups is 1. The third kappa shape index (κ3) is 3.74. The van der Waals surface area contributed by atoms with Gasteiger partial charge in [-0.05, 0) is 32.7 Å². The molecule has 0 unspecified atom stereocenters. The van der Waals surface area contributed by atoms with E-state index in [0.717, 1.165) is 30.1 Å². The number of fused-ring (bicyclic) bond motifs is 1. The molecule has 0 spiro atoms. The molecule has 2 aliphatic heterocycles. The summed E-state index contributed by atoms with van der Waals surface area (Å²) in [6.45, 7) is 4.99. The van der Waals surface area contributed by atoms with E-state index >= 15 is 0 Å². The van der Waals surface area contributed by atoms with Crippen LogP contribution in [0.15, 0.2) is 5.38 Å². The lowest BCUT2D eigenvalue weighted by atomic mass is 9.99. The molecule has 1 aromatic heterocycles. The van der Waals surface area contributed by atoms with E-state index in [2.05, 4.69) is 25.9 Å². The largest absolute Gasteiger partial charge is 0.338 e. The number of amides is 2. The molecule has 5 nitrogen and oxygen atoms in total. The molecule has 0 aromatic carbocycles. The van der Waals surface area contributed by atoms with Gasteiger partial charge in [-0.25, -0.2) is 9.78 Å². The Morgan fingerprint density at radius 1 is 1.43 bits per heavy atom. The average Bonchev–Trinajstić information content (AvgIpc) is 3.06. The maximum atomic E-state index is 12.0. The summed E-state index contributed by atoms with van der Waals surface area (Å²) < 4.78 is 0. The Morgan fingerprint density at radius 3 is 3.14 bits per heavy atom. The molecule has 2 aliphatic rings. The van der Waals surface area contributed by atoms with Crippen LogP contribution in [0.4, 0.5) is 4.79 Å². The number of carbonyl (C=O) groups excluding carboxylic acids is 1.